The highest BCUT2D eigenvalue weighted by molar-refractivity contribution is 5.93. The van der Waals surface area contributed by atoms with Crippen LogP contribution in [0.5, 0.6) is 0 Å². The number of rotatable bonds is 5. The second-order valence-corrected chi connectivity index (χ2v) is 4.96. The Bertz CT molecular complexity index is 473. The number of carboxylic acids is 1. The van der Waals surface area contributed by atoms with Crippen LogP contribution in [0.4, 0.5) is 4.39 Å². The predicted molar refractivity (Wildman–Crippen MR) is 67.2 cm³/mol. The quantitative estimate of drug-likeness (QED) is 0.854. The number of amides is 1. The van der Waals surface area contributed by atoms with E-state index in [4.69, 9.17) is 5.11 Å². The molecule has 0 aliphatic carbocycles. The molecular formula is C13H17FN2O3. The highest BCUT2D eigenvalue weighted by Crippen LogP contribution is 2.21. The highest BCUT2D eigenvalue weighted by atomic mass is 19.1. The third-order valence-corrected chi connectivity index (χ3v) is 3.15. The van der Waals surface area contributed by atoms with E-state index in [-0.39, 0.29) is 18.0 Å². The minimum Gasteiger partial charge on any atom is -0.481 e. The van der Waals surface area contributed by atoms with Crippen molar-refractivity contribution in [2.45, 2.75) is 32.7 Å². The number of carbonyl (C=O) groups is 2. The lowest BCUT2D eigenvalue weighted by Gasteiger charge is -2.33. The van der Waals surface area contributed by atoms with E-state index in [0.29, 0.717) is 0 Å². The number of nitrogens with one attached hydrogen (secondary N) is 1. The second-order valence-electron chi connectivity index (χ2n) is 4.96. The molecule has 0 radical (unpaired) electrons. The minimum atomic E-state index is -0.997. The molecule has 0 spiro atoms. The van der Waals surface area contributed by atoms with Gasteiger partial charge in [-0.15, -0.1) is 0 Å². The van der Waals surface area contributed by atoms with Crippen LogP contribution in [0.3, 0.4) is 0 Å². The SMILES string of the molecule is CC(C)C(C)(CC(=O)O)NC(=O)c1ccc(F)cn1. The highest BCUT2D eigenvalue weighted by Gasteiger charge is 2.33. The van der Waals surface area contributed by atoms with Crippen LogP contribution in [0.25, 0.3) is 0 Å². The molecule has 0 fully saturated rings. The summed E-state index contributed by atoms with van der Waals surface area (Å²) < 4.78 is 12.7. The van der Waals surface area contributed by atoms with Gasteiger partial charge in [-0.3, -0.25) is 9.59 Å². The summed E-state index contributed by atoms with van der Waals surface area (Å²) in [6.45, 7) is 5.30. The van der Waals surface area contributed by atoms with Gasteiger partial charge in [0.25, 0.3) is 5.91 Å². The first-order valence-corrected chi connectivity index (χ1v) is 5.90. The molecule has 19 heavy (non-hydrogen) atoms. The molecule has 1 rings (SSSR count). The Labute approximate surface area is 110 Å². The molecule has 1 aromatic heterocycles. The van der Waals surface area contributed by atoms with Crippen molar-refractivity contribution in [2.24, 2.45) is 5.92 Å². The lowest BCUT2D eigenvalue weighted by atomic mass is 9.85. The Hall–Kier alpha value is -1.98. The van der Waals surface area contributed by atoms with Gasteiger partial charge in [-0.1, -0.05) is 13.8 Å². The molecule has 6 heteroatoms. The normalized spacial score (nSPS) is 13.9. The van der Waals surface area contributed by atoms with E-state index in [2.05, 4.69) is 10.3 Å². The molecule has 2 N–H and O–H groups in total. The summed E-state index contributed by atoms with van der Waals surface area (Å²) in [6.07, 6.45) is 0.746. The van der Waals surface area contributed by atoms with E-state index in [1.165, 1.54) is 6.07 Å². The van der Waals surface area contributed by atoms with Crippen LogP contribution < -0.4 is 5.32 Å². The molecule has 1 atom stereocenters. The summed E-state index contributed by atoms with van der Waals surface area (Å²) in [5.74, 6) is -2.12. The van der Waals surface area contributed by atoms with Gasteiger partial charge < -0.3 is 10.4 Å². The molecule has 0 saturated heterocycles. The van der Waals surface area contributed by atoms with Crippen LogP contribution in [0.2, 0.25) is 0 Å². The number of pyridine rings is 1. The minimum absolute atomic E-state index is 0.0543. The van der Waals surface area contributed by atoms with E-state index in [9.17, 15) is 14.0 Å². The maximum atomic E-state index is 12.7. The molecule has 5 nitrogen and oxygen atoms in total. The number of halogens is 1. The smallest absolute Gasteiger partial charge is 0.305 e. The fourth-order valence-electron chi connectivity index (χ4n) is 1.54. The van der Waals surface area contributed by atoms with Crippen LogP contribution in [0.15, 0.2) is 18.3 Å². The van der Waals surface area contributed by atoms with Gasteiger partial charge in [0.2, 0.25) is 0 Å². The van der Waals surface area contributed by atoms with E-state index in [1.54, 1.807) is 6.92 Å². The Balaban J connectivity index is 2.88. The van der Waals surface area contributed by atoms with Crippen LogP contribution >= 0.6 is 0 Å². The van der Waals surface area contributed by atoms with Crippen molar-refractivity contribution < 1.29 is 19.1 Å². The molecule has 1 aromatic rings. The van der Waals surface area contributed by atoms with Gasteiger partial charge in [0, 0.05) is 0 Å². The number of nitrogens with zero attached hydrogens (tertiary/aromatic N) is 1. The third kappa shape index (κ3) is 4.01. The van der Waals surface area contributed by atoms with Gasteiger partial charge in [-0.25, -0.2) is 9.37 Å². The zero-order chi connectivity index (χ0) is 14.6. The summed E-state index contributed by atoms with van der Waals surface area (Å²) >= 11 is 0. The average Bonchev–Trinajstić information content (AvgIpc) is 2.28. The molecule has 0 aliphatic heterocycles. The summed E-state index contributed by atoms with van der Waals surface area (Å²) in [5, 5.41) is 11.6. The first-order valence-electron chi connectivity index (χ1n) is 5.90. The first-order chi connectivity index (χ1) is 8.74. The topological polar surface area (TPSA) is 79.3 Å². The lowest BCUT2D eigenvalue weighted by Crippen LogP contribution is -2.51. The van der Waals surface area contributed by atoms with E-state index >= 15 is 0 Å². The summed E-state index contributed by atoms with van der Waals surface area (Å²) in [7, 11) is 0. The summed E-state index contributed by atoms with van der Waals surface area (Å²) in [6, 6.07) is 2.39. The number of aromatic nitrogens is 1. The van der Waals surface area contributed by atoms with Gasteiger partial charge in [0.05, 0.1) is 18.2 Å². The van der Waals surface area contributed by atoms with Crippen molar-refractivity contribution in [2.75, 3.05) is 0 Å². The largest absolute Gasteiger partial charge is 0.481 e. The molecule has 104 valence electrons. The summed E-state index contributed by atoms with van der Waals surface area (Å²) in [4.78, 5) is 26.5. The Kier molecular flexibility index (Phi) is 4.58. The first kappa shape index (κ1) is 15.1. The number of carboxylic acid groups (broad SMARTS) is 1. The fraction of sp³-hybridized carbons (Fsp3) is 0.462. The van der Waals surface area contributed by atoms with E-state index in [1.807, 2.05) is 13.8 Å². The van der Waals surface area contributed by atoms with Gasteiger partial charge in [-0.2, -0.15) is 0 Å². The Morgan fingerprint density at radius 1 is 1.47 bits per heavy atom. The predicted octanol–water partition coefficient (Wildman–Crippen LogP) is 1.84. The number of aliphatic carboxylic acids is 1. The zero-order valence-corrected chi connectivity index (χ0v) is 11.1. The molecule has 1 unspecified atom stereocenters. The summed E-state index contributed by atoms with van der Waals surface area (Å²) in [5.41, 5.74) is -0.836. The van der Waals surface area contributed by atoms with Crippen molar-refractivity contribution in [3.05, 3.63) is 29.8 Å². The van der Waals surface area contributed by atoms with Crippen LogP contribution in [0.1, 0.15) is 37.7 Å². The van der Waals surface area contributed by atoms with Crippen LogP contribution in [-0.2, 0) is 4.79 Å². The Morgan fingerprint density at radius 2 is 2.11 bits per heavy atom. The lowest BCUT2D eigenvalue weighted by molar-refractivity contribution is -0.138. The molecule has 1 amide bonds. The van der Waals surface area contributed by atoms with Gasteiger partial charge in [0.15, 0.2) is 0 Å². The standard InChI is InChI=1S/C13H17FN2O3/c1-8(2)13(3,6-11(17)18)16-12(19)10-5-4-9(14)7-15-10/h4-5,7-8H,6H2,1-3H3,(H,16,19)(H,17,18). The van der Waals surface area contributed by atoms with Gasteiger partial charge in [-0.05, 0) is 25.0 Å². The van der Waals surface area contributed by atoms with Gasteiger partial charge in [0.1, 0.15) is 11.5 Å². The monoisotopic (exact) mass is 268 g/mol. The molecule has 0 aliphatic rings. The second kappa shape index (κ2) is 5.77. The average molecular weight is 268 g/mol. The van der Waals surface area contributed by atoms with E-state index in [0.717, 1.165) is 12.3 Å². The van der Waals surface area contributed by atoms with Crippen LogP contribution in [0, 0.1) is 11.7 Å². The fourth-order valence-corrected chi connectivity index (χ4v) is 1.54. The molecule has 0 saturated carbocycles. The number of hydrogen-bond donors (Lipinski definition) is 2. The number of hydrogen-bond acceptors (Lipinski definition) is 3. The number of carbonyl (C=O) groups excluding carboxylic acids is 1. The molecular weight excluding hydrogens is 251 g/mol. The van der Waals surface area contributed by atoms with Gasteiger partial charge >= 0.3 is 5.97 Å². The van der Waals surface area contributed by atoms with Crippen molar-refractivity contribution >= 4 is 11.9 Å². The zero-order valence-electron chi connectivity index (χ0n) is 11.1. The maximum absolute atomic E-state index is 12.7. The van der Waals surface area contributed by atoms with E-state index < -0.39 is 23.2 Å². The molecule has 1 heterocycles. The molecule has 0 aromatic carbocycles. The Morgan fingerprint density at radius 3 is 2.53 bits per heavy atom. The van der Waals surface area contributed by atoms with Crippen molar-refractivity contribution in [3.63, 3.8) is 0 Å². The van der Waals surface area contributed by atoms with Crippen LogP contribution in [-0.4, -0.2) is 27.5 Å². The third-order valence-electron chi connectivity index (χ3n) is 3.15. The van der Waals surface area contributed by atoms with Crippen molar-refractivity contribution in [3.8, 4) is 0 Å². The van der Waals surface area contributed by atoms with Crippen molar-refractivity contribution in [1.82, 2.24) is 10.3 Å². The maximum Gasteiger partial charge on any atom is 0.305 e. The molecule has 0 bridgehead atoms. The van der Waals surface area contributed by atoms with Crippen molar-refractivity contribution in [1.29, 1.82) is 0 Å².